The Hall–Kier alpha value is -3.16. The average molecular weight is 391 g/mol. The lowest BCUT2D eigenvalue weighted by Crippen LogP contribution is -2.49. The minimum atomic E-state index is 0.133. The van der Waals surface area contributed by atoms with Gasteiger partial charge in [-0.25, -0.2) is 9.97 Å². The lowest BCUT2D eigenvalue weighted by Gasteiger charge is -2.35. The summed E-state index contributed by atoms with van der Waals surface area (Å²) in [6.45, 7) is 5.37. The largest absolute Gasteiger partial charge is 0.353 e. The van der Waals surface area contributed by atoms with Gasteiger partial charge in [-0.3, -0.25) is 4.79 Å². The molecule has 1 amide bonds. The molecule has 4 heterocycles. The van der Waals surface area contributed by atoms with Crippen molar-refractivity contribution in [1.29, 1.82) is 0 Å². The van der Waals surface area contributed by atoms with Crippen molar-refractivity contribution in [3.8, 4) is 0 Å². The molecular formula is C21H25N7O. The summed E-state index contributed by atoms with van der Waals surface area (Å²) in [6.07, 6.45) is 6.01. The molecule has 2 aromatic heterocycles. The Morgan fingerprint density at radius 3 is 2.52 bits per heavy atom. The van der Waals surface area contributed by atoms with Crippen LogP contribution >= 0.6 is 0 Å². The molecule has 150 valence electrons. The van der Waals surface area contributed by atoms with E-state index >= 15 is 0 Å². The minimum absolute atomic E-state index is 0.133. The number of anilines is 2. The van der Waals surface area contributed by atoms with Crippen molar-refractivity contribution in [3.63, 3.8) is 0 Å². The molecule has 0 spiro atoms. The molecule has 0 aliphatic carbocycles. The number of carbonyl (C=O) groups excluding carboxylic acids is 1. The quantitative estimate of drug-likeness (QED) is 0.675. The SMILES string of the molecule is O=C(Cn1cnc2ccccc21)N1CCN(c2ccnc(N3CCCC3)n2)CC1. The van der Waals surface area contributed by atoms with Gasteiger partial charge < -0.3 is 19.3 Å². The molecule has 0 atom stereocenters. The molecule has 2 fully saturated rings. The Bertz CT molecular complexity index is 1000. The number of hydrogen-bond acceptors (Lipinski definition) is 6. The Balaban J connectivity index is 1.21. The Kier molecular flexibility index (Phi) is 4.75. The number of rotatable bonds is 4. The second-order valence-electron chi connectivity index (χ2n) is 7.64. The molecule has 29 heavy (non-hydrogen) atoms. The van der Waals surface area contributed by atoms with Crippen LogP contribution in [0.3, 0.4) is 0 Å². The van der Waals surface area contributed by atoms with Crippen LogP contribution in [-0.2, 0) is 11.3 Å². The summed E-state index contributed by atoms with van der Waals surface area (Å²) in [5.41, 5.74) is 1.91. The summed E-state index contributed by atoms with van der Waals surface area (Å²) in [5, 5.41) is 0. The summed E-state index contributed by atoms with van der Waals surface area (Å²) in [7, 11) is 0. The number of piperazine rings is 1. The molecule has 5 rings (SSSR count). The number of fused-ring (bicyclic) bond motifs is 1. The topological polar surface area (TPSA) is 70.4 Å². The molecule has 0 bridgehead atoms. The zero-order chi connectivity index (χ0) is 19.6. The Morgan fingerprint density at radius 1 is 0.897 bits per heavy atom. The van der Waals surface area contributed by atoms with Crippen LogP contribution in [0.15, 0.2) is 42.9 Å². The van der Waals surface area contributed by atoms with Gasteiger partial charge in [0.05, 0.1) is 17.4 Å². The van der Waals surface area contributed by atoms with Gasteiger partial charge in [-0.2, -0.15) is 4.98 Å². The van der Waals surface area contributed by atoms with Crippen LogP contribution < -0.4 is 9.80 Å². The normalized spacial score (nSPS) is 17.3. The van der Waals surface area contributed by atoms with Gasteiger partial charge in [-0.1, -0.05) is 12.1 Å². The first kappa shape index (κ1) is 17.9. The lowest BCUT2D eigenvalue weighted by molar-refractivity contribution is -0.132. The Labute approximate surface area is 169 Å². The third kappa shape index (κ3) is 3.62. The van der Waals surface area contributed by atoms with Crippen molar-refractivity contribution >= 4 is 28.7 Å². The maximum Gasteiger partial charge on any atom is 0.242 e. The Morgan fingerprint density at radius 2 is 1.69 bits per heavy atom. The summed E-state index contributed by atoms with van der Waals surface area (Å²) in [5.74, 6) is 1.91. The number of amides is 1. The lowest BCUT2D eigenvalue weighted by atomic mass is 10.3. The maximum atomic E-state index is 12.8. The highest BCUT2D eigenvalue weighted by atomic mass is 16.2. The van der Waals surface area contributed by atoms with Crippen molar-refractivity contribution in [1.82, 2.24) is 24.4 Å². The first-order valence-corrected chi connectivity index (χ1v) is 10.3. The molecule has 0 N–H and O–H groups in total. The molecule has 2 aliphatic rings. The monoisotopic (exact) mass is 391 g/mol. The van der Waals surface area contributed by atoms with Gasteiger partial charge in [0.2, 0.25) is 11.9 Å². The van der Waals surface area contributed by atoms with Crippen molar-refractivity contribution in [2.24, 2.45) is 0 Å². The number of benzene rings is 1. The van der Waals surface area contributed by atoms with Gasteiger partial charge >= 0.3 is 0 Å². The minimum Gasteiger partial charge on any atom is -0.353 e. The fraction of sp³-hybridized carbons (Fsp3) is 0.429. The van der Waals surface area contributed by atoms with Crippen LogP contribution in [0, 0.1) is 0 Å². The molecule has 3 aromatic rings. The third-order valence-corrected chi connectivity index (χ3v) is 5.81. The molecule has 8 heteroatoms. The van der Waals surface area contributed by atoms with Crippen molar-refractivity contribution in [2.75, 3.05) is 49.1 Å². The molecule has 1 aromatic carbocycles. The van der Waals surface area contributed by atoms with Gasteiger partial charge in [0.25, 0.3) is 0 Å². The van der Waals surface area contributed by atoms with Crippen LogP contribution in [0.1, 0.15) is 12.8 Å². The second-order valence-corrected chi connectivity index (χ2v) is 7.64. The first-order chi connectivity index (χ1) is 14.3. The number of imidazole rings is 1. The van der Waals surface area contributed by atoms with E-state index in [0.29, 0.717) is 19.6 Å². The van der Waals surface area contributed by atoms with E-state index in [-0.39, 0.29) is 5.91 Å². The molecular weight excluding hydrogens is 366 g/mol. The van der Waals surface area contributed by atoms with Crippen LogP contribution in [0.25, 0.3) is 11.0 Å². The zero-order valence-corrected chi connectivity index (χ0v) is 16.4. The first-order valence-electron chi connectivity index (χ1n) is 10.3. The summed E-state index contributed by atoms with van der Waals surface area (Å²) in [6, 6.07) is 9.87. The van der Waals surface area contributed by atoms with E-state index in [1.54, 1.807) is 6.33 Å². The molecule has 0 unspecified atom stereocenters. The van der Waals surface area contributed by atoms with Gasteiger partial charge in [0.15, 0.2) is 0 Å². The van der Waals surface area contributed by atoms with E-state index in [9.17, 15) is 4.79 Å². The van der Waals surface area contributed by atoms with Crippen molar-refractivity contribution in [3.05, 3.63) is 42.9 Å². The number of para-hydroxylation sites is 2. The van der Waals surface area contributed by atoms with Crippen molar-refractivity contribution < 1.29 is 4.79 Å². The van der Waals surface area contributed by atoms with Crippen LogP contribution in [0.5, 0.6) is 0 Å². The molecule has 2 saturated heterocycles. The maximum absolute atomic E-state index is 12.8. The van der Waals surface area contributed by atoms with E-state index in [0.717, 1.165) is 49.0 Å². The summed E-state index contributed by atoms with van der Waals surface area (Å²) in [4.78, 5) is 32.8. The second kappa shape index (κ2) is 7.69. The van der Waals surface area contributed by atoms with Crippen LogP contribution in [0.4, 0.5) is 11.8 Å². The fourth-order valence-electron chi connectivity index (χ4n) is 4.15. The van der Waals surface area contributed by atoms with E-state index in [1.807, 2.05) is 46.0 Å². The molecule has 0 radical (unpaired) electrons. The number of nitrogens with zero attached hydrogens (tertiary/aromatic N) is 7. The van der Waals surface area contributed by atoms with Gasteiger partial charge in [-0.05, 0) is 31.0 Å². The van der Waals surface area contributed by atoms with Crippen LogP contribution in [-0.4, -0.2) is 69.6 Å². The highest BCUT2D eigenvalue weighted by molar-refractivity contribution is 5.80. The van der Waals surface area contributed by atoms with E-state index in [2.05, 4.69) is 19.8 Å². The summed E-state index contributed by atoms with van der Waals surface area (Å²) >= 11 is 0. The van der Waals surface area contributed by atoms with Gasteiger partial charge in [0.1, 0.15) is 12.4 Å². The third-order valence-electron chi connectivity index (χ3n) is 5.81. The summed E-state index contributed by atoms with van der Waals surface area (Å²) < 4.78 is 1.93. The highest BCUT2D eigenvalue weighted by Crippen LogP contribution is 2.20. The predicted molar refractivity (Wildman–Crippen MR) is 112 cm³/mol. The van der Waals surface area contributed by atoms with Gasteiger partial charge in [-0.15, -0.1) is 0 Å². The number of carbonyl (C=O) groups is 1. The van der Waals surface area contributed by atoms with E-state index < -0.39 is 0 Å². The van der Waals surface area contributed by atoms with Crippen LogP contribution in [0.2, 0.25) is 0 Å². The molecule has 0 saturated carbocycles. The number of aromatic nitrogens is 4. The molecule has 2 aliphatic heterocycles. The predicted octanol–water partition coefficient (Wildman–Crippen LogP) is 1.78. The van der Waals surface area contributed by atoms with Gasteiger partial charge in [0, 0.05) is 45.5 Å². The number of hydrogen-bond donors (Lipinski definition) is 0. The smallest absolute Gasteiger partial charge is 0.242 e. The van der Waals surface area contributed by atoms with E-state index in [4.69, 9.17) is 4.98 Å². The fourth-order valence-corrected chi connectivity index (χ4v) is 4.15. The van der Waals surface area contributed by atoms with Crippen molar-refractivity contribution in [2.45, 2.75) is 19.4 Å². The zero-order valence-electron chi connectivity index (χ0n) is 16.4. The standard InChI is InChI=1S/C21H25N7O/c29-20(15-28-16-23-17-5-1-2-6-18(17)28)26-13-11-25(12-14-26)19-7-8-22-21(24-19)27-9-3-4-10-27/h1-2,5-8,16H,3-4,9-15H2. The highest BCUT2D eigenvalue weighted by Gasteiger charge is 2.23. The molecule has 8 nitrogen and oxygen atoms in total. The average Bonchev–Trinajstić information content (AvgIpc) is 3.45. The van der Waals surface area contributed by atoms with E-state index in [1.165, 1.54) is 12.8 Å².